The van der Waals surface area contributed by atoms with Gasteiger partial charge in [0.25, 0.3) is 0 Å². The van der Waals surface area contributed by atoms with Gasteiger partial charge in [0, 0.05) is 30.8 Å². The van der Waals surface area contributed by atoms with Crippen LogP contribution < -0.4 is 4.74 Å². The molecule has 1 aromatic carbocycles. The van der Waals surface area contributed by atoms with Gasteiger partial charge >= 0.3 is 5.97 Å². The number of nitrogens with zero attached hydrogens (tertiary/aromatic N) is 2. The Morgan fingerprint density at radius 3 is 2.68 bits per heavy atom. The van der Waals surface area contributed by atoms with Gasteiger partial charge in [-0.25, -0.2) is 13.2 Å². The van der Waals surface area contributed by atoms with Crippen molar-refractivity contribution in [1.29, 1.82) is 0 Å². The van der Waals surface area contributed by atoms with E-state index in [1.807, 2.05) is 0 Å². The van der Waals surface area contributed by atoms with Crippen molar-refractivity contribution in [2.75, 3.05) is 20.3 Å². The van der Waals surface area contributed by atoms with Crippen LogP contribution in [0.5, 0.6) is 5.75 Å². The molecule has 0 fully saturated rings. The molecule has 9 heteroatoms. The Morgan fingerprint density at radius 1 is 1.32 bits per heavy atom. The van der Waals surface area contributed by atoms with Gasteiger partial charge in [0.1, 0.15) is 5.75 Å². The topological polar surface area (TPSA) is 102 Å². The predicted molar refractivity (Wildman–Crippen MR) is 88.8 cm³/mol. The highest BCUT2D eigenvalue weighted by molar-refractivity contribution is 7.89. The van der Waals surface area contributed by atoms with E-state index in [9.17, 15) is 13.2 Å². The summed E-state index contributed by atoms with van der Waals surface area (Å²) in [5.74, 6) is 0.0306. The summed E-state index contributed by atoms with van der Waals surface area (Å²) in [6.45, 7) is 2.33. The minimum atomic E-state index is -3.68. The number of rotatable bonds is 5. The molecule has 0 radical (unpaired) electrons. The van der Waals surface area contributed by atoms with Gasteiger partial charge in [0.2, 0.25) is 10.0 Å². The van der Waals surface area contributed by atoms with E-state index < -0.39 is 16.0 Å². The van der Waals surface area contributed by atoms with Crippen LogP contribution in [0, 0.1) is 0 Å². The number of fused-ring (bicyclic) bond motifs is 1. The summed E-state index contributed by atoms with van der Waals surface area (Å²) in [5, 5.41) is 6.79. The van der Waals surface area contributed by atoms with Crippen molar-refractivity contribution in [2.24, 2.45) is 0 Å². The fourth-order valence-electron chi connectivity index (χ4n) is 2.74. The molecule has 1 aliphatic heterocycles. The highest BCUT2D eigenvalue weighted by Crippen LogP contribution is 2.27. The first kappa shape index (κ1) is 17.4. The number of carbonyl (C=O) groups is 1. The lowest BCUT2D eigenvalue weighted by Gasteiger charge is -2.26. The first-order chi connectivity index (χ1) is 12.0. The Kier molecular flexibility index (Phi) is 4.78. The lowest BCUT2D eigenvalue weighted by Crippen LogP contribution is -2.36. The molecule has 0 aliphatic carbocycles. The molecule has 1 N–H and O–H groups in total. The van der Waals surface area contributed by atoms with Gasteiger partial charge < -0.3 is 9.47 Å². The van der Waals surface area contributed by atoms with Crippen LogP contribution in [-0.4, -0.2) is 49.2 Å². The van der Waals surface area contributed by atoms with Crippen molar-refractivity contribution < 1.29 is 22.7 Å². The number of aromatic nitrogens is 2. The molecular weight excluding hydrogens is 346 g/mol. The van der Waals surface area contributed by atoms with Gasteiger partial charge in [-0.2, -0.15) is 9.40 Å². The maximum Gasteiger partial charge on any atom is 0.359 e. The van der Waals surface area contributed by atoms with Crippen LogP contribution in [0.25, 0.3) is 0 Å². The molecule has 2 heterocycles. The Morgan fingerprint density at radius 2 is 2.04 bits per heavy atom. The largest absolute Gasteiger partial charge is 0.497 e. The van der Waals surface area contributed by atoms with Crippen LogP contribution in [0.15, 0.2) is 29.2 Å². The molecule has 25 heavy (non-hydrogen) atoms. The molecule has 1 aliphatic rings. The quantitative estimate of drug-likeness (QED) is 0.803. The molecule has 0 saturated carbocycles. The van der Waals surface area contributed by atoms with Crippen molar-refractivity contribution in [1.82, 2.24) is 14.5 Å². The van der Waals surface area contributed by atoms with E-state index in [0.29, 0.717) is 24.3 Å². The third kappa shape index (κ3) is 3.24. The normalized spacial score (nSPS) is 14.8. The summed E-state index contributed by atoms with van der Waals surface area (Å²) in [6.07, 6.45) is 0.455. The second-order valence-electron chi connectivity index (χ2n) is 5.51. The van der Waals surface area contributed by atoms with Crippen molar-refractivity contribution >= 4 is 16.0 Å². The molecule has 0 atom stereocenters. The number of H-pyrrole nitrogens is 1. The summed E-state index contributed by atoms with van der Waals surface area (Å²) in [5.41, 5.74) is 1.48. The second-order valence-corrected chi connectivity index (χ2v) is 7.45. The first-order valence-electron chi connectivity index (χ1n) is 7.84. The molecule has 2 aromatic rings. The molecular formula is C16H19N3O5S. The van der Waals surface area contributed by atoms with Crippen LogP contribution in [0.1, 0.15) is 28.7 Å². The fraction of sp³-hybridized carbons (Fsp3) is 0.375. The summed E-state index contributed by atoms with van der Waals surface area (Å²) in [4.78, 5) is 12.2. The standard InChI is InChI=1S/C16H19N3O5S/c1-3-24-16(20)15-13-10-19(9-8-14(13)17-18-15)25(21,22)12-6-4-11(23-2)5-7-12/h4-7H,3,8-10H2,1-2H3,(H,17,18). The molecule has 0 bridgehead atoms. The summed E-state index contributed by atoms with van der Waals surface area (Å²) >= 11 is 0. The van der Waals surface area contributed by atoms with Gasteiger partial charge in [-0.1, -0.05) is 0 Å². The zero-order chi connectivity index (χ0) is 18.0. The van der Waals surface area contributed by atoms with Crippen LogP contribution in [-0.2, 0) is 27.7 Å². The summed E-state index contributed by atoms with van der Waals surface area (Å²) in [7, 11) is -2.16. The number of ether oxygens (including phenoxy) is 2. The van der Waals surface area contributed by atoms with Gasteiger partial charge in [0.05, 0.1) is 18.6 Å². The number of carbonyl (C=O) groups excluding carboxylic acids is 1. The number of methoxy groups -OCH3 is 1. The number of hydrogen-bond acceptors (Lipinski definition) is 6. The molecule has 0 unspecified atom stereocenters. The van der Waals surface area contributed by atoms with Gasteiger partial charge in [-0.15, -0.1) is 0 Å². The average molecular weight is 365 g/mol. The van der Waals surface area contributed by atoms with Gasteiger partial charge in [0.15, 0.2) is 5.69 Å². The zero-order valence-electron chi connectivity index (χ0n) is 14.0. The van der Waals surface area contributed by atoms with E-state index in [-0.39, 0.29) is 23.7 Å². The second kappa shape index (κ2) is 6.85. The van der Waals surface area contributed by atoms with E-state index in [1.165, 1.54) is 23.5 Å². The van der Waals surface area contributed by atoms with E-state index in [4.69, 9.17) is 9.47 Å². The van der Waals surface area contributed by atoms with E-state index in [2.05, 4.69) is 10.2 Å². The highest BCUT2D eigenvalue weighted by atomic mass is 32.2. The van der Waals surface area contributed by atoms with Crippen molar-refractivity contribution in [3.8, 4) is 5.75 Å². The number of aromatic amines is 1. The zero-order valence-corrected chi connectivity index (χ0v) is 14.8. The summed E-state index contributed by atoms with van der Waals surface area (Å²) < 4.78 is 37.1. The third-order valence-corrected chi connectivity index (χ3v) is 5.92. The van der Waals surface area contributed by atoms with Crippen LogP contribution in [0.2, 0.25) is 0 Å². The minimum absolute atomic E-state index is 0.0777. The first-order valence-corrected chi connectivity index (χ1v) is 9.28. The monoisotopic (exact) mass is 365 g/mol. The maximum absolute atomic E-state index is 12.9. The molecule has 3 rings (SSSR count). The minimum Gasteiger partial charge on any atom is -0.497 e. The maximum atomic E-state index is 12.9. The van der Waals surface area contributed by atoms with Gasteiger partial charge in [-0.05, 0) is 31.2 Å². The number of hydrogen-bond donors (Lipinski definition) is 1. The molecule has 134 valence electrons. The Bertz CT molecular complexity index is 874. The lowest BCUT2D eigenvalue weighted by atomic mass is 10.1. The SMILES string of the molecule is CCOC(=O)c1n[nH]c2c1CN(S(=O)(=O)c1ccc(OC)cc1)CC2. The highest BCUT2D eigenvalue weighted by Gasteiger charge is 2.32. The molecule has 1 aromatic heterocycles. The third-order valence-electron chi connectivity index (χ3n) is 4.06. The van der Waals surface area contributed by atoms with E-state index in [0.717, 1.165) is 5.69 Å². The number of sulfonamides is 1. The number of esters is 1. The molecule has 8 nitrogen and oxygen atoms in total. The molecule has 0 spiro atoms. The Hall–Kier alpha value is -2.39. The predicted octanol–water partition coefficient (Wildman–Crippen LogP) is 1.34. The van der Waals surface area contributed by atoms with Crippen LogP contribution >= 0.6 is 0 Å². The summed E-state index contributed by atoms with van der Waals surface area (Å²) in [6, 6.07) is 6.21. The van der Waals surface area contributed by atoms with Gasteiger partial charge in [-0.3, -0.25) is 5.10 Å². The van der Waals surface area contributed by atoms with Crippen LogP contribution in [0.4, 0.5) is 0 Å². The Labute approximate surface area is 145 Å². The average Bonchev–Trinajstić information content (AvgIpc) is 3.05. The van der Waals surface area contributed by atoms with Crippen molar-refractivity contribution in [2.45, 2.75) is 24.8 Å². The van der Waals surface area contributed by atoms with E-state index in [1.54, 1.807) is 19.1 Å². The molecule has 0 saturated heterocycles. The Balaban J connectivity index is 1.88. The number of nitrogens with one attached hydrogen (secondary N) is 1. The smallest absolute Gasteiger partial charge is 0.359 e. The van der Waals surface area contributed by atoms with Crippen molar-refractivity contribution in [3.63, 3.8) is 0 Å². The number of benzene rings is 1. The lowest BCUT2D eigenvalue weighted by molar-refractivity contribution is 0.0517. The molecule has 0 amide bonds. The van der Waals surface area contributed by atoms with Crippen LogP contribution in [0.3, 0.4) is 0 Å². The van der Waals surface area contributed by atoms with E-state index >= 15 is 0 Å². The van der Waals surface area contributed by atoms with Crippen molar-refractivity contribution in [3.05, 3.63) is 41.2 Å². The fourth-order valence-corrected chi connectivity index (χ4v) is 4.15.